The third-order valence-corrected chi connectivity index (χ3v) is 2.20. The van der Waals surface area contributed by atoms with Crippen LogP contribution in [0, 0.1) is 6.92 Å². The van der Waals surface area contributed by atoms with E-state index in [0.29, 0.717) is 16.6 Å². The van der Waals surface area contributed by atoms with E-state index >= 15 is 0 Å². The van der Waals surface area contributed by atoms with Gasteiger partial charge >= 0.3 is 11.4 Å². The van der Waals surface area contributed by atoms with Crippen LogP contribution in [0.3, 0.4) is 0 Å². The Morgan fingerprint density at radius 2 is 2.19 bits per heavy atom. The van der Waals surface area contributed by atoms with E-state index in [-0.39, 0.29) is 5.39 Å². The molecule has 0 aliphatic rings. The van der Waals surface area contributed by atoms with Crippen LogP contribution in [-0.2, 0) is 0 Å². The molecule has 1 aromatic carbocycles. The number of nitrogens with zero attached hydrogens (tertiary/aromatic N) is 1. The summed E-state index contributed by atoms with van der Waals surface area (Å²) in [6.45, 7) is 1.73. The van der Waals surface area contributed by atoms with Crippen LogP contribution in [0.4, 0.5) is 0 Å². The number of H-pyrrole nitrogens is 1. The molecule has 0 spiro atoms. The molecule has 0 saturated carbocycles. The molecule has 0 saturated heterocycles. The zero-order chi connectivity index (χ0) is 11.7. The number of benzene rings is 1. The number of aromatic nitrogens is 1. The minimum absolute atomic E-state index is 0.245. The number of oxime groups is 1. The number of rotatable bonds is 1. The highest BCUT2D eigenvalue weighted by Crippen LogP contribution is 2.13. The van der Waals surface area contributed by atoms with Crippen molar-refractivity contribution in [3.05, 3.63) is 44.2 Å². The van der Waals surface area contributed by atoms with Crippen molar-refractivity contribution in [2.45, 2.75) is 6.92 Å². The van der Waals surface area contributed by atoms with Crippen LogP contribution >= 0.6 is 0 Å². The van der Waals surface area contributed by atoms with E-state index in [4.69, 9.17) is 5.21 Å². The van der Waals surface area contributed by atoms with Gasteiger partial charge in [-0.05, 0) is 30.2 Å². The van der Waals surface area contributed by atoms with Gasteiger partial charge in [0.25, 0.3) is 0 Å². The first-order valence-electron chi connectivity index (χ1n) is 4.47. The van der Waals surface area contributed by atoms with E-state index in [1.807, 2.05) is 0 Å². The van der Waals surface area contributed by atoms with Crippen LogP contribution in [0.1, 0.15) is 11.1 Å². The molecule has 0 fully saturated rings. The predicted octanol–water partition coefficient (Wildman–Crippen LogP) is 0.598. The number of fused-ring (bicyclic) bond motifs is 1. The maximum atomic E-state index is 11.4. The quantitative estimate of drug-likeness (QED) is 0.418. The molecule has 2 rings (SSSR count). The van der Waals surface area contributed by atoms with Gasteiger partial charge < -0.3 is 9.62 Å². The second-order valence-corrected chi connectivity index (χ2v) is 3.31. The lowest BCUT2D eigenvalue weighted by molar-refractivity contribution is 0.322. The SMILES string of the molecule is Cc1cc(/C=N\O)cc2c(=O)oc(=O)[nH]c12. The topological polar surface area (TPSA) is 95.7 Å². The monoisotopic (exact) mass is 220 g/mol. The standard InChI is InChI=1S/C10H8N2O4/c1-5-2-6(4-11-15)3-7-8(5)12-10(14)16-9(7)13/h2-4,15H,1H3,(H,12,14)/b11-4-. The summed E-state index contributed by atoms with van der Waals surface area (Å²) in [7, 11) is 0. The molecule has 6 nitrogen and oxygen atoms in total. The van der Waals surface area contributed by atoms with Gasteiger partial charge in [-0.3, -0.25) is 4.98 Å². The molecule has 6 heteroatoms. The fourth-order valence-corrected chi connectivity index (χ4v) is 1.55. The van der Waals surface area contributed by atoms with Gasteiger partial charge in [-0.2, -0.15) is 0 Å². The lowest BCUT2D eigenvalue weighted by Gasteiger charge is -2.01. The van der Waals surface area contributed by atoms with Gasteiger partial charge in [0, 0.05) is 0 Å². The van der Waals surface area contributed by atoms with Gasteiger partial charge in [-0.25, -0.2) is 9.59 Å². The maximum Gasteiger partial charge on any atom is 0.419 e. The molecule has 82 valence electrons. The summed E-state index contributed by atoms with van der Waals surface area (Å²) in [5.41, 5.74) is 0.954. The van der Waals surface area contributed by atoms with E-state index in [0.717, 1.165) is 0 Å². The van der Waals surface area contributed by atoms with Crippen molar-refractivity contribution in [2.75, 3.05) is 0 Å². The maximum absolute atomic E-state index is 11.4. The fraction of sp³-hybridized carbons (Fsp3) is 0.100. The Bertz CT molecular complexity index is 681. The minimum Gasteiger partial charge on any atom is -0.411 e. The molecule has 0 amide bonds. The average molecular weight is 220 g/mol. The lowest BCUT2D eigenvalue weighted by atomic mass is 10.1. The van der Waals surface area contributed by atoms with Crippen molar-refractivity contribution in [3.8, 4) is 0 Å². The Morgan fingerprint density at radius 3 is 2.88 bits per heavy atom. The Hall–Kier alpha value is -2.37. The summed E-state index contributed by atoms with van der Waals surface area (Å²) in [4.78, 5) is 24.8. The highest BCUT2D eigenvalue weighted by molar-refractivity contribution is 5.89. The van der Waals surface area contributed by atoms with Crippen molar-refractivity contribution < 1.29 is 9.62 Å². The number of aryl methyl sites for hydroxylation is 1. The molecule has 0 atom stereocenters. The first kappa shape index (κ1) is 10.2. The predicted molar refractivity (Wildman–Crippen MR) is 57.2 cm³/mol. The van der Waals surface area contributed by atoms with Gasteiger partial charge in [-0.1, -0.05) is 5.16 Å². The fourth-order valence-electron chi connectivity index (χ4n) is 1.55. The van der Waals surface area contributed by atoms with E-state index in [9.17, 15) is 9.59 Å². The van der Waals surface area contributed by atoms with Gasteiger partial charge in [0.2, 0.25) is 0 Å². The van der Waals surface area contributed by atoms with Crippen LogP contribution in [0.5, 0.6) is 0 Å². The van der Waals surface area contributed by atoms with E-state index in [1.54, 1.807) is 13.0 Å². The smallest absolute Gasteiger partial charge is 0.411 e. The largest absolute Gasteiger partial charge is 0.419 e. The summed E-state index contributed by atoms with van der Waals surface area (Å²) < 4.78 is 4.40. The van der Waals surface area contributed by atoms with Gasteiger partial charge in [-0.15, -0.1) is 0 Å². The van der Waals surface area contributed by atoms with Crippen molar-refractivity contribution in [1.82, 2.24) is 4.98 Å². The molecule has 2 aromatic rings. The number of aromatic amines is 1. The van der Waals surface area contributed by atoms with Crippen LogP contribution < -0.4 is 11.4 Å². The highest BCUT2D eigenvalue weighted by Gasteiger charge is 2.06. The van der Waals surface area contributed by atoms with Crippen molar-refractivity contribution in [2.24, 2.45) is 5.16 Å². The number of nitrogens with one attached hydrogen (secondary N) is 1. The van der Waals surface area contributed by atoms with Crippen LogP contribution in [-0.4, -0.2) is 16.4 Å². The van der Waals surface area contributed by atoms with Gasteiger partial charge in [0.1, 0.15) is 0 Å². The van der Waals surface area contributed by atoms with Crippen molar-refractivity contribution >= 4 is 17.1 Å². The first-order valence-corrected chi connectivity index (χ1v) is 4.47. The zero-order valence-electron chi connectivity index (χ0n) is 8.35. The highest BCUT2D eigenvalue weighted by atomic mass is 16.4. The third kappa shape index (κ3) is 1.60. The van der Waals surface area contributed by atoms with Crippen LogP contribution in [0.25, 0.3) is 10.9 Å². The van der Waals surface area contributed by atoms with E-state index < -0.39 is 11.4 Å². The van der Waals surface area contributed by atoms with Crippen LogP contribution in [0.15, 0.2) is 31.3 Å². The van der Waals surface area contributed by atoms with Crippen molar-refractivity contribution in [3.63, 3.8) is 0 Å². The van der Waals surface area contributed by atoms with Crippen molar-refractivity contribution in [1.29, 1.82) is 0 Å². The van der Waals surface area contributed by atoms with Crippen LogP contribution in [0.2, 0.25) is 0 Å². The average Bonchev–Trinajstić information content (AvgIpc) is 2.20. The molecular formula is C10H8N2O4. The number of hydrogen-bond acceptors (Lipinski definition) is 5. The summed E-state index contributed by atoms with van der Waals surface area (Å²) in [5.74, 6) is -0.788. The Kier molecular flexibility index (Phi) is 2.32. The third-order valence-electron chi connectivity index (χ3n) is 2.20. The Morgan fingerprint density at radius 1 is 1.44 bits per heavy atom. The summed E-state index contributed by atoms with van der Waals surface area (Å²) in [6, 6.07) is 3.15. The normalized spacial score (nSPS) is 11.3. The van der Waals surface area contributed by atoms with E-state index in [1.165, 1.54) is 12.3 Å². The molecular weight excluding hydrogens is 212 g/mol. The van der Waals surface area contributed by atoms with Gasteiger partial charge in [0.15, 0.2) is 0 Å². The summed E-state index contributed by atoms with van der Waals surface area (Å²) in [5, 5.41) is 11.5. The molecule has 1 aromatic heterocycles. The molecule has 0 radical (unpaired) electrons. The molecule has 0 aliphatic heterocycles. The molecule has 0 unspecified atom stereocenters. The zero-order valence-corrected chi connectivity index (χ0v) is 8.35. The molecule has 2 N–H and O–H groups in total. The second kappa shape index (κ2) is 3.65. The molecule has 0 bridgehead atoms. The summed E-state index contributed by atoms with van der Waals surface area (Å²) >= 11 is 0. The van der Waals surface area contributed by atoms with Gasteiger partial charge in [0.05, 0.1) is 17.1 Å². The Labute approximate surface area is 88.8 Å². The Balaban J connectivity index is 2.92. The number of hydrogen-bond donors (Lipinski definition) is 2. The molecule has 0 aliphatic carbocycles. The molecule has 1 heterocycles. The first-order chi connectivity index (χ1) is 7.61. The second-order valence-electron chi connectivity index (χ2n) is 3.31. The summed E-state index contributed by atoms with van der Waals surface area (Å²) in [6.07, 6.45) is 1.19. The lowest BCUT2D eigenvalue weighted by Crippen LogP contribution is -2.15. The minimum atomic E-state index is -0.788. The van der Waals surface area contributed by atoms with E-state index in [2.05, 4.69) is 14.6 Å². The molecule has 16 heavy (non-hydrogen) atoms.